The second-order valence-electron chi connectivity index (χ2n) is 2.77. The summed E-state index contributed by atoms with van der Waals surface area (Å²) in [6, 6.07) is 0. The van der Waals surface area contributed by atoms with Crippen molar-refractivity contribution in [3.8, 4) is 11.4 Å². The number of thiazole rings is 1. The Balaban J connectivity index is 2.33. The molecule has 2 aromatic rings. The van der Waals surface area contributed by atoms with Crippen molar-refractivity contribution in [3.63, 3.8) is 0 Å². The van der Waals surface area contributed by atoms with Crippen LogP contribution in [0, 0.1) is 0 Å². The van der Waals surface area contributed by atoms with Crippen LogP contribution in [0.15, 0.2) is 21.7 Å². The van der Waals surface area contributed by atoms with Gasteiger partial charge >= 0.3 is 6.18 Å². The molecule has 0 amide bonds. The third-order valence-electron chi connectivity index (χ3n) is 1.68. The molecule has 0 spiro atoms. The minimum Gasteiger partial charge on any atom is -0.251 e. The summed E-state index contributed by atoms with van der Waals surface area (Å²) in [6.45, 7) is 0. The van der Waals surface area contributed by atoms with Gasteiger partial charge in [0.2, 0.25) is 0 Å². The van der Waals surface area contributed by atoms with Gasteiger partial charge in [-0.05, 0) is 15.9 Å². The van der Waals surface area contributed by atoms with Gasteiger partial charge in [-0.15, -0.1) is 11.3 Å². The van der Waals surface area contributed by atoms with Crippen LogP contribution in [0.1, 0.15) is 5.69 Å². The van der Waals surface area contributed by atoms with E-state index in [1.807, 2.05) is 0 Å². The second-order valence-corrected chi connectivity index (χ2v) is 4.90. The molecule has 2 rings (SSSR count). The highest BCUT2D eigenvalue weighted by Gasteiger charge is 2.32. The lowest BCUT2D eigenvalue weighted by molar-refractivity contribution is -0.141. The average Bonchev–Trinajstić information content (AvgIpc) is 2.64. The second kappa shape index (κ2) is 4.10. The third-order valence-corrected chi connectivity index (χ3v) is 3.05. The molecule has 0 aliphatic heterocycles. The van der Waals surface area contributed by atoms with Crippen molar-refractivity contribution >= 4 is 27.3 Å². The van der Waals surface area contributed by atoms with Crippen LogP contribution in [-0.4, -0.2) is 15.0 Å². The van der Waals surface area contributed by atoms with Crippen LogP contribution >= 0.6 is 27.3 Å². The van der Waals surface area contributed by atoms with Crippen LogP contribution in [0.5, 0.6) is 0 Å². The Morgan fingerprint density at radius 3 is 2.31 bits per heavy atom. The van der Waals surface area contributed by atoms with Gasteiger partial charge in [-0.25, -0.2) is 9.97 Å². The monoisotopic (exact) mass is 309 g/mol. The zero-order valence-corrected chi connectivity index (χ0v) is 9.90. The first-order valence-corrected chi connectivity index (χ1v) is 5.65. The Morgan fingerprint density at radius 2 is 1.88 bits per heavy atom. The molecule has 0 saturated heterocycles. The number of hydrogen-bond donors (Lipinski definition) is 0. The maximum Gasteiger partial charge on any atom is 0.434 e. The summed E-state index contributed by atoms with van der Waals surface area (Å²) < 4.78 is 37.3. The highest BCUT2D eigenvalue weighted by molar-refractivity contribution is 9.11. The van der Waals surface area contributed by atoms with E-state index in [0.29, 0.717) is 21.5 Å². The van der Waals surface area contributed by atoms with Gasteiger partial charge in [0.15, 0.2) is 9.61 Å². The summed E-state index contributed by atoms with van der Waals surface area (Å²) in [5.74, 6) is 0. The summed E-state index contributed by atoms with van der Waals surface area (Å²) in [5, 5.41) is 1.68. The molecule has 3 nitrogen and oxygen atoms in total. The number of halogens is 4. The zero-order valence-electron chi connectivity index (χ0n) is 7.49. The van der Waals surface area contributed by atoms with Crippen LogP contribution < -0.4 is 0 Å². The molecule has 0 bridgehead atoms. The van der Waals surface area contributed by atoms with Crippen molar-refractivity contribution in [2.24, 2.45) is 0 Å². The van der Waals surface area contributed by atoms with Gasteiger partial charge in [-0.3, -0.25) is 4.98 Å². The van der Waals surface area contributed by atoms with Gasteiger partial charge in [0.25, 0.3) is 0 Å². The summed E-state index contributed by atoms with van der Waals surface area (Å²) in [5.41, 5.74) is -0.196. The molecule has 0 atom stereocenters. The smallest absolute Gasteiger partial charge is 0.251 e. The predicted octanol–water partition coefficient (Wildman–Crippen LogP) is 3.38. The Hall–Kier alpha value is -1.02. The number of aromatic nitrogens is 3. The molecule has 2 aromatic heterocycles. The Bertz CT molecular complexity index is 494. The van der Waals surface area contributed by atoms with E-state index < -0.39 is 11.9 Å². The first-order chi connectivity index (χ1) is 7.47. The lowest BCUT2D eigenvalue weighted by atomic mass is 10.3. The van der Waals surface area contributed by atoms with Crippen molar-refractivity contribution in [2.45, 2.75) is 6.18 Å². The largest absolute Gasteiger partial charge is 0.434 e. The van der Waals surface area contributed by atoms with E-state index in [9.17, 15) is 13.2 Å². The van der Waals surface area contributed by atoms with E-state index in [-0.39, 0.29) is 0 Å². The molecular weight excluding hydrogens is 307 g/mol. The van der Waals surface area contributed by atoms with Crippen molar-refractivity contribution in [1.82, 2.24) is 15.0 Å². The lowest BCUT2D eigenvalue weighted by Crippen LogP contribution is -2.08. The number of hydrogen-bond acceptors (Lipinski definition) is 4. The van der Waals surface area contributed by atoms with Gasteiger partial charge in [0.05, 0.1) is 12.4 Å². The molecule has 0 fully saturated rings. The van der Waals surface area contributed by atoms with Crippen LogP contribution in [-0.2, 0) is 6.18 Å². The summed E-state index contributed by atoms with van der Waals surface area (Å²) in [7, 11) is 0. The predicted molar refractivity (Wildman–Crippen MR) is 55.8 cm³/mol. The molecule has 0 aliphatic rings. The molecule has 0 radical (unpaired) electrons. The normalized spacial score (nSPS) is 11.8. The van der Waals surface area contributed by atoms with Crippen molar-refractivity contribution in [1.29, 1.82) is 0 Å². The van der Waals surface area contributed by atoms with Crippen LogP contribution in [0.25, 0.3) is 11.4 Å². The van der Waals surface area contributed by atoms with Gasteiger partial charge in [-0.1, -0.05) is 0 Å². The molecule has 8 heteroatoms. The standard InChI is InChI=1S/C8H3BrF3N3S/c9-7-15-5(3-16-7)4-1-14-6(2-13-4)8(10,11)12/h1-3H. The van der Waals surface area contributed by atoms with E-state index in [2.05, 4.69) is 30.9 Å². The summed E-state index contributed by atoms with van der Waals surface area (Å²) in [4.78, 5) is 11.0. The molecule has 0 aliphatic carbocycles. The quantitative estimate of drug-likeness (QED) is 0.810. The fraction of sp³-hybridized carbons (Fsp3) is 0.125. The Labute approximate surface area is 101 Å². The van der Waals surface area contributed by atoms with Crippen LogP contribution in [0.3, 0.4) is 0 Å². The average molecular weight is 310 g/mol. The van der Waals surface area contributed by atoms with Crippen molar-refractivity contribution < 1.29 is 13.2 Å². The highest BCUT2D eigenvalue weighted by atomic mass is 79.9. The fourth-order valence-electron chi connectivity index (χ4n) is 0.976. The van der Waals surface area contributed by atoms with Gasteiger partial charge < -0.3 is 0 Å². The molecular formula is C8H3BrF3N3S. The Morgan fingerprint density at radius 1 is 1.12 bits per heavy atom. The fourth-order valence-corrected chi connectivity index (χ4v) is 1.98. The zero-order chi connectivity index (χ0) is 11.8. The van der Waals surface area contributed by atoms with E-state index in [0.717, 1.165) is 6.20 Å². The lowest BCUT2D eigenvalue weighted by Gasteiger charge is -2.04. The SMILES string of the molecule is FC(F)(F)c1cnc(-c2csc(Br)n2)cn1. The molecule has 2 heterocycles. The maximum absolute atomic E-state index is 12.2. The van der Waals surface area contributed by atoms with Crippen LogP contribution in [0.4, 0.5) is 13.2 Å². The van der Waals surface area contributed by atoms with Crippen LogP contribution in [0.2, 0.25) is 0 Å². The Kier molecular flexibility index (Phi) is 2.94. The molecule has 84 valence electrons. The summed E-state index contributed by atoms with van der Waals surface area (Å²) >= 11 is 4.48. The highest BCUT2D eigenvalue weighted by Crippen LogP contribution is 2.28. The minimum absolute atomic E-state index is 0.315. The van der Waals surface area contributed by atoms with Gasteiger partial charge in [-0.2, -0.15) is 13.2 Å². The topological polar surface area (TPSA) is 38.7 Å². The molecule has 0 N–H and O–H groups in total. The van der Waals surface area contributed by atoms with Gasteiger partial charge in [0, 0.05) is 5.38 Å². The summed E-state index contributed by atoms with van der Waals surface area (Å²) in [6.07, 6.45) is -2.71. The number of rotatable bonds is 1. The molecule has 16 heavy (non-hydrogen) atoms. The molecule has 0 saturated carbocycles. The first-order valence-electron chi connectivity index (χ1n) is 3.97. The minimum atomic E-state index is -4.46. The van der Waals surface area contributed by atoms with E-state index in [1.54, 1.807) is 5.38 Å². The van der Waals surface area contributed by atoms with E-state index in [1.165, 1.54) is 11.3 Å². The first kappa shape index (κ1) is 11.5. The number of nitrogens with zero attached hydrogens (tertiary/aromatic N) is 3. The van der Waals surface area contributed by atoms with E-state index in [4.69, 9.17) is 0 Å². The molecule has 0 unspecified atom stereocenters. The van der Waals surface area contributed by atoms with Gasteiger partial charge in [0.1, 0.15) is 11.4 Å². The van der Waals surface area contributed by atoms with Crippen molar-refractivity contribution in [2.75, 3.05) is 0 Å². The maximum atomic E-state index is 12.2. The van der Waals surface area contributed by atoms with E-state index >= 15 is 0 Å². The number of alkyl halides is 3. The molecule has 0 aromatic carbocycles. The third kappa shape index (κ3) is 2.38. The van der Waals surface area contributed by atoms with Crippen molar-refractivity contribution in [3.05, 3.63) is 27.4 Å².